The Morgan fingerprint density at radius 1 is 1.21 bits per heavy atom. The largest absolute Gasteiger partial charge is 0.354 e. The van der Waals surface area contributed by atoms with Gasteiger partial charge in [-0.2, -0.15) is 0 Å². The van der Waals surface area contributed by atoms with Crippen molar-refractivity contribution in [2.75, 3.05) is 32.0 Å². The number of thiophene rings is 1. The van der Waals surface area contributed by atoms with E-state index in [1.807, 2.05) is 35.6 Å². The predicted octanol–water partition coefficient (Wildman–Crippen LogP) is 3.21. The predicted molar refractivity (Wildman–Crippen MR) is 117 cm³/mol. The number of guanidine groups is 1. The maximum Gasteiger partial charge on any atom is 0.221 e. The fourth-order valence-corrected chi connectivity index (χ4v) is 4.37. The molecule has 7 heteroatoms. The summed E-state index contributed by atoms with van der Waals surface area (Å²) in [6, 6.07) is 12.6. The number of nitrogens with zero attached hydrogens (tertiary/aromatic N) is 2. The van der Waals surface area contributed by atoms with Crippen LogP contribution in [0.25, 0.3) is 0 Å². The van der Waals surface area contributed by atoms with Gasteiger partial charge < -0.3 is 16.0 Å². The number of aliphatic imine (C=N–C) groups is 1. The van der Waals surface area contributed by atoms with Crippen LogP contribution in [0, 0.1) is 0 Å². The Morgan fingerprint density at radius 2 is 2.04 bits per heavy atom. The summed E-state index contributed by atoms with van der Waals surface area (Å²) in [4.78, 5) is 19.6. The van der Waals surface area contributed by atoms with Crippen LogP contribution in [0.1, 0.15) is 36.2 Å². The van der Waals surface area contributed by atoms with E-state index in [4.69, 9.17) is 0 Å². The van der Waals surface area contributed by atoms with Gasteiger partial charge in [-0.15, -0.1) is 11.3 Å². The second-order valence-corrected chi connectivity index (χ2v) is 7.94. The highest BCUT2D eigenvalue weighted by Gasteiger charge is 2.24. The summed E-state index contributed by atoms with van der Waals surface area (Å²) >= 11 is 1.82. The van der Waals surface area contributed by atoms with Crippen LogP contribution < -0.4 is 16.0 Å². The van der Waals surface area contributed by atoms with Crippen molar-refractivity contribution in [1.82, 2.24) is 15.5 Å². The van der Waals surface area contributed by atoms with Crippen LogP contribution in [-0.2, 0) is 11.3 Å². The molecule has 0 aliphatic carbocycles. The first-order valence-electron chi connectivity index (χ1n) is 9.74. The number of benzene rings is 1. The smallest absolute Gasteiger partial charge is 0.221 e. The summed E-state index contributed by atoms with van der Waals surface area (Å²) in [5.74, 6) is 0.717. The number of hydrogen-bond acceptors (Lipinski definition) is 4. The lowest BCUT2D eigenvalue weighted by atomic mass is 10.2. The first-order chi connectivity index (χ1) is 13.7. The third kappa shape index (κ3) is 5.81. The van der Waals surface area contributed by atoms with E-state index in [-0.39, 0.29) is 5.91 Å². The fraction of sp³-hybridized carbons (Fsp3) is 0.429. The van der Waals surface area contributed by atoms with Crippen LogP contribution in [0.4, 0.5) is 5.69 Å². The van der Waals surface area contributed by atoms with Gasteiger partial charge in [-0.25, -0.2) is 0 Å². The van der Waals surface area contributed by atoms with Crippen molar-refractivity contribution in [2.45, 2.75) is 32.4 Å². The van der Waals surface area contributed by atoms with Crippen LogP contribution in [-0.4, -0.2) is 43.4 Å². The molecule has 0 bridgehead atoms. The zero-order chi connectivity index (χ0) is 19.8. The molecule has 1 aromatic carbocycles. The third-order valence-corrected chi connectivity index (χ3v) is 5.82. The maximum absolute atomic E-state index is 11.2. The highest BCUT2D eigenvalue weighted by Crippen LogP contribution is 2.27. The van der Waals surface area contributed by atoms with Crippen molar-refractivity contribution >= 4 is 28.9 Å². The molecular formula is C21H29N5OS. The standard InChI is InChI=1S/C21H29N5OS/c1-16(27)25-18-8-5-7-17(13-18)14-23-21(22-2)24-15-19(20-9-6-12-28-20)26-10-3-4-11-26/h5-9,12-13,19H,3-4,10-11,14-15H2,1-2H3,(H,25,27)(H2,22,23,24). The number of rotatable bonds is 7. The van der Waals surface area contributed by atoms with Gasteiger partial charge in [-0.05, 0) is 55.1 Å². The Balaban J connectivity index is 1.56. The Morgan fingerprint density at radius 3 is 2.71 bits per heavy atom. The first-order valence-corrected chi connectivity index (χ1v) is 10.6. The van der Waals surface area contributed by atoms with E-state index in [0.29, 0.717) is 12.6 Å². The molecule has 1 amide bonds. The summed E-state index contributed by atoms with van der Waals surface area (Å²) in [5, 5.41) is 11.8. The molecule has 2 aromatic rings. The summed E-state index contributed by atoms with van der Waals surface area (Å²) < 4.78 is 0. The molecule has 0 spiro atoms. The van der Waals surface area contributed by atoms with Crippen molar-refractivity contribution < 1.29 is 4.79 Å². The lowest BCUT2D eigenvalue weighted by Gasteiger charge is -2.27. The normalized spacial score (nSPS) is 16.0. The minimum atomic E-state index is -0.0656. The minimum Gasteiger partial charge on any atom is -0.354 e. The SMILES string of the molecule is CN=C(NCc1cccc(NC(C)=O)c1)NCC(c1cccs1)N1CCCC1. The quantitative estimate of drug-likeness (QED) is 0.494. The van der Waals surface area contributed by atoms with E-state index >= 15 is 0 Å². The summed E-state index contributed by atoms with van der Waals surface area (Å²) in [6.45, 7) is 5.30. The maximum atomic E-state index is 11.2. The molecular weight excluding hydrogens is 370 g/mol. The number of likely N-dealkylation sites (tertiary alicyclic amines) is 1. The van der Waals surface area contributed by atoms with E-state index in [1.165, 1.54) is 24.6 Å². The fourth-order valence-electron chi connectivity index (χ4n) is 3.51. The average Bonchev–Trinajstić information content (AvgIpc) is 3.39. The van der Waals surface area contributed by atoms with Gasteiger partial charge in [0, 0.05) is 37.6 Å². The summed E-state index contributed by atoms with van der Waals surface area (Å²) in [5.41, 5.74) is 1.89. The van der Waals surface area contributed by atoms with Crippen molar-refractivity contribution in [3.05, 3.63) is 52.2 Å². The molecule has 150 valence electrons. The number of carbonyl (C=O) groups is 1. The molecule has 0 radical (unpaired) electrons. The van der Waals surface area contributed by atoms with Crippen molar-refractivity contribution in [1.29, 1.82) is 0 Å². The molecule has 1 fully saturated rings. The van der Waals surface area contributed by atoms with Gasteiger partial charge in [-0.1, -0.05) is 18.2 Å². The Hall–Kier alpha value is -2.38. The topological polar surface area (TPSA) is 68.8 Å². The second kappa shape index (κ2) is 10.2. The van der Waals surface area contributed by atoms with Gasteiger partial charge in [0.05, 0.1) is 6.04 Å². The van der Waals surface area contributed by atoms with E-state index in [2.05, 4.69) is 43.4 Å². The van der Waals surface area contributed by atoms with Crippen LogP contribution in [0.2, 0.25) is 0 Å². The molecule has 28 heavy (non-hydrogen) atoms. The lowest BCUT2D eigenvalue weighted by Crippen LogP contribution is -2.42. The Labute approximate surface area is 171 Å². The molecule has 0 saturated carbocycles. The molecule has 3 N–H and O–H groups in total. The van der Waals surface area contributed by atoms with Crippen molar-refractivity contribution in [3.8, 4) is 0 Å². The molecule has 1 saturated heterocycles. The Bertz CT molecular complexity index is 784. The molecule has 1 unspecified atom stereocenters. The highest BCUT2D eigenvalue weighted by molar-refractivity contribution is 7.10. The molecule has 1 aromatic heterocycles. The monoisotopic (exact) mass is 399 g/mol. The number of hydrogen-bond donors (Lipinski definition) is 3. The molecule has 1 aliphatic heterocycles. The number of amides is 1. The summed E-state index contributed by atoms with van der Waals surface area (Å²) in [7, 11) is 1.79. The zero-order valence-electron chi connectivity index (χ0n) is 16.6. The second-order valence-electron chi connectivity index (χ2n) is 6.96. The molecule has 1 atom stereocenters. The van der Waals surface area contributed by atoms with E-state index < -0.39 is 0 Å². The van der Waals surface area contributed by atoms with Gasteiger partial charge in [0.1, 0.15) is 0 Å². The van der Waals surface area contributed by atoms with E-state index in [9.17, 15) is 4.79 Å². The highest BCUT2D eigenvalue weighted by atomic mass is 32.1. The van der Waals surface area contributed by atoms with Gasteiger partial charge in [0.25, 0.3) is 0 Å². The van der Waals surface area contributed by atoms with Crippen LogP contribution in [0.3, 0.4) is 0 Å². The summed E-state index contributed by atoms with van der Waals surface area (Å²) in [6.07, 6.45) is 2.55. The molecule has 3 rings (SSSR count). The lowest BCUT2D eigenvalue weighted by molar-refractivity contribution is -0.114. The van der Waals surface area contributed by atoms with Gasteiger partial charge >= 0.3 is 0 Å². The number of carbonyl (C=O) groups excluding carboxylic acids is 1. The molecule has 2 heterocycles. The van der Waals surface area contributed by atoms with Gasteiger partial charge in [-0.3, -0.25) is 14.7 Å². The minimum absolute atomic E-state index is 0.0656. The van der Waals surface area contributed by atoms with Gasteiger partial charge in [0.2, 0.25) is 5.91 Å². The molecule has 6 nitrogen and oxygen atoms in total. The first kappa shape index (κ1) is 20.4. The third-order valence-electron chi connectivity index (χ3n) is 4.85. The molecule has 1 aliphatic rings. The number of nitrogens with one attached hydrogen (secondary N) is 3. The van der Waals surface area contributed by atoms with Gasteiger partial charge in [0.15, 0.2) is 5.96 Å². The van der Waals surface area contributed by atoms with E-state index in [1.54, 1.807) is 7.05 Å². The van der Waals surface area contributed by atoms with Crippen LogP contribution in [0.15, 0.2) is 46.8 Å². The van der Waals surface area contributed by atoms with Crippen molar-refractivity contribution in [2.24, 2.45) is 4.99 Å². The Kier molecular flexibility index (Phi) is 7.45. The van der Waals surface area contributed by atoms with Crippen LogP contribution in [0.5, 0.6) is 0 Å². The average molecular weight is 400 g/mol. The van der Waals surface area contributed by atoms with E-state index in [0.717, 1.165) is 36.8 Å². The zero-order valence-corrected chi connectivity index (χ0v) is 17.4. The van der Waals surface area contributed by atoms with Crippen molar-refractivity contribution in [3.63, 3.8) is 0 Å². The number of anilines is 1. The van der Waals surface area contributed by atoms with Crippen LogP contribution >= 0.6 is 11.3 Å².